The molecule has 1 aliphatic heterocycles. The molecule has 0 radical (unpaired) electrons. The molecule has 1 fully saturated rings. The van der Waals surface area contributed by atoms with Crippen LogP contribution in [0.25, 0.3) is 0 Å². The fraction of sp³-hybridized carbons (Fsp3) is 0.550. The van der Waals surface area contributed by atoms with Crippen LogP contribution >= 0.6 is 0 Å². The number of nitrogens with zero attached hydrogens (tertiary/aromatic N) is 1. The number of likely N-dealkylation sites (tertiary alicyclic amines) is 1. The van der Waals surface area contributed by atoms with Crippen molar-refractivity contribution in [2.45, 2.75) is 46.1 Å². The molecule has 4 N–H and O–H groups in total. The molecule has 1 saturated heterocycles. The third kappa shape index (κ3) is 6.44. The van der Waals surface area contributed by atoms with Gasteiger partial charge in [0.15, 0.2) is 0 Å². The molecular weight excluding hydrogens is 358 g/mol. The molecule has 8 heteroatoms. The van der Waals surface area contributed by atoms with Gasteiger partial charge in [-0.1, -0.05) is 6.92 Å². The van der Waals surface area contributed by atoms with Gasteiger partial charge in [-0.3, -0.25) is 4.79 Å². The number of anilines is 2. The van der Waals surface area contributed by atoms with Crippen LogP contribution in [0.5, 0.6) is 0 Å². The van der Waals surface area contributed by atoms with Gasteiger partial charge in [0.05, 0.1) is 5.92 Å². The Balaban J connectivity index is 1.86. The SMILES string of the molecule is CCNC(=O)[C@H]1CCCN(C(=O)Nc2ccc(NC(=O)N[C@@H](C)CC)cc2)C1. The van der Waals surface area contributed by atoms with E-state index in [1.807, 2.05) is 20.8 Å². The van der Waals surface area contributed by atoms with E-state index in [2.05, 4.69) is 21.3 Å². The Bertz CT molecular complexity index is 677. The van der Waals surface area contributed by atoms with Crippen molar-refractivity contribution in [1.82, 2.24) is 15.5 Å². The summed E-state index contributed by atoms with van der Waals surface area (Å²) in [5, 5.41) is 11.3. The van der Waals surface area contributed by atoms with Crippen LogP contribution in [0.4, 0.5) is 21.0 Å². The van der Waals surface area contributed by atoms with E-state index in [9.17, 15) is 14.4 Å². The highest BCUT2D eigenvalue weighted by molar-refractivity contribution is 5.92. The van der Waals surface area contributed by atoms with Crippen LogP contribution in [0.1, 0.15) is 40.0 Å². The molecule has 5 amide bonds. The van der Waals surface area contributed by atoms with Crippen molar-refractivity contribution in [1.29, 1.82) is 0 Å². The number of benzene rings is 1. The van der Waals surface area contributed by atoms with Gasteiger partial charge in [0, 0.05) is 37.1 Å². The number of piperidine rings is 1. The Morgan fingerprint density at radius 2 is 1.75 bits per heavy atom. The van der Waals surface area contributed by atoms with Gasteiger partial charge in [0.25, 0.3) is 0 Å². The van der Waals surface area contributed by atoms with Crippen LogP contribution in [0.15, 0.2) is 24.3 Å². The Hall–Kier alpha value is -2.77. The Morgan fingerprint density at radius 1 is 1.11 bits per heavy atom. The van der Waals surface area contributed by atoms with Crippen molar-refractivity contribution in [3.05, 3.63) is 24.3 Å². The molecule has 154 valence electrons. The largest absolute Gasteiger partial charge is 0.356 e. The van der Waals surface area contributed by atoms with Crippen LogP contribution < -0.4 is 21.3 Å². The van der Waals surface area contributed by atoms with Gasteiger partial charge in [-0.25, -0.2) is 9.59 Å². The molecule has 0 aromatic heterocycles. The first-order valence-corrected chi connectivity index (χ1v) is 9.94. The first-order chi connectivity index (χ1) is 13.4. The summed E-state index contributed by atoms with van der Waals surface area (Å²) in [5.74, 6) is -0.152. The summed E-state index contributed by atoms with van der Waals surface area (Å²) < 4.78 is 0. The lowest BCUT2D eigenvalue weighted by atomic mass is 9.97. The zero-order chi connectivity index (χ0) is 20.5. The number of amides is 5. The molecule has 1 aromatic carbocycles. The molecule has 1 aromatic rings. The van der Waals surface area contributed by atoms with Crippen LogP contribution in [0.2, 0.25) is 0 Å². The predicted molar refractivity (Wildman–Crippen MR) is 110 cm³/mol. The molecule has 0 aliphatic carbocycles. The monoisotopic (exact) mass is 389 g/mol. The van der Waals surface area contributed by atoms with Crippen molar-refractivity contribution >= 4 is 29.3 Å². The molecule has 0 bridgehead atoms. The zero-order valence-electron chi connectivity index (χ0n) is 16.9. The second-order valence-corrected chi connectivity index (χ2v) is 7.10. The van der Waals surface area contributed by atoms with Gasteiger partial charge in [-0.05, 0) is 57.4 Å². The summed E-state index contributed by atoms with van der Waals surface area (Å²) in [7, 11) is 0. The number of hydrogen-bond acceptors (Lipinski definition) is 3. The van der Waals surface area contributed by atoms with E-state index in [0.717, 1.165) is 19.3 Å². The number of carbonyl (C=O) groups excluding carboxylic acids is 3. The number of urea groups is 2. The molecule has 2 atom stereocenters. The van der Waals surface area contributed by atoms with E-state index in [1.165, 1.54) is 0 Å². The fourth-order valence-electron chi connectivity index (χ4n) is 3.03. The Morgan fingerprint density at radius 3 is 2.36 bits per heavy atom. The first kappa shape index (κ1) is 21.5. The topological polar surface area (TPSA) is 103 Å². The van der Waals surface area contributed by atoms with E-state index in [1.54, 1.807) is 29.2 Å². The quantitative estimate of drug-likeness (QED) is 0.601. The number of hydrogen-bond donors (Lipinski definition) is 4. The second kappa shape index (κ2) is 10.5. The molecule has 2 rings (SSSR count). The van der Waals surface area contributed by atoms with Crippen LogP contribution in [-0.4, -0.2) is 48.5 Å². The van der Waals surface area contributed by atoms with Gasteiger partial charge in [-0.2, -0.15) is 0 Å². The van der Waals surface area contributed by atoms with Crippen molar-refractivity contribution in [2.75, 3.05) is 30.3 Å². The maximum Gasteiger partial charge on any atom is 0.321 e. The van der Waals surface area contributed by atoms with Crippen LogP contribution in [0, 0.1) is 5.92 Å². The van der Waals surface area contributed by atoms with Gasteiger partial charge >= 0.3 is 12.1 Å². The maximum atomic E-state index is 12.5. The molecule has 1 aliphatic rings. The number of nitrogens with one attached hydrogen (secondary N) is 4. The predicted octanol–water partition coefficient (Wildman–Crippen LogP) is 2.99. The highest BCUT2D eigenvalue weighted by Crippen LogP contribution is 2.19. The minimum atomic E-state index is -0.254. The van der Waals surface area contributed by atoms with Gasteiger partial charge < -0.3 is 26.2 Å². The second-order valence-electron chi connectivity index (χ2n) is 7.10. The molecular formula is C20H31N5O3. The smallest absolute Gasteiger partial charge is 0.321 e. The van der Waals surface area contributed by atoms with Crippen LogP contribution in [-0.2, 0) is 4.79 Å². The first-order valence-electron chi connectivity index (χ1n) is 9.94. The third-order valence-electron chi connectivity index (χ3n) is 4.81. The lowest BCUT2D eigenvalue weighted by molar-refractivity contribution is -0.126. The third-order valence-corrected chi connectivity index (χ3v) is 4.81. The van der Waals surface area contributed by atoms with Crippen molar-refractivity contribution < 1.29 is 14.4 Å². The summed E-state index contributed by atoms with van der Waals surface area (Å²) in [6.07, 6.45) is 2.47. The summed E-state index contributed by atoms with van der Waals surface area (Å²) in [6.45, 7) is 7.48. The normalized spacial score (nSPS) is 17.4. The average molecular weight is 390 g/mol. The van der Waals surface area contributed by atoms with E-state index >= 15 is 0 Å². The van der Waals surface area contributed by atoms with Crippen molar-refractivity contribution in [3.63, 3.8) is 0 Å². The minimum absolute atomic E-state index is 0.00564. The molecule has 28 heavy (non-hydrogen) atoms. The summed E-state index contributed by atoms with van der Waals surface area (Å²) >= 11 is 0. The Labute approximate surface area is 166 Å². The van der Waals surface area contributed by atoms with Crippen molar-refractivity contribution in [3.8, 4) is 0 Å². The summed E-state index contributed by atoms with van der Waals surface area (Å²) in [5.41, 5.74) is 1.28. The number of carbonyl (C=O) groups is 3. The van der Waals surface area contributed by atoms with E-state index < -0.39 is 0 Å². The average Bonchev–Trinajstić information content (AvgIpc) is 2.69. The Kier molecular flexibility index (Phi) is 8.10. The molecule has 0 unspecified atom stereocenters. The van der Waals surface area contributed by atoms with E-state index in [0.29, 0.717) is 31.0 Å². The molecule has 1 heterocycles. The molecule has 0 saturated carbocycles. The zero-order valence-corrected chi connectivity index (χ0v) is 16.9. The number of rotatable bonds is 6. The molecule has 8 nitrogen and oxygen atoms in total. The standard InChI is InChI=1S/C20H31N5O3/c1-4-14(3)22-19(27)23-16-8-10-17(11-9-16)24-20(28)25-12-6-7-15(13-25)18(26)21-5-2/h8-11,14-15H,4-7,12-13H2,1-3H3,(H,21,26)(H,24,28)(H2,22,23,27)/t14-,15-/m0/s1. The van der Waals surface area contributed by atoms with E-state index in [-0.39, 0.29) is 29.9 Å². The van der Waals surface area contributed by atoms with Crippen LogP contribution in [0.3, 0.4) is 0 Å². The highest BCUT2D eigenvalue weighted by Gasteiger charge is 2.28. The fourth-order valence-corrected chi connectivity index (χ4v) is 3.03. The maximum absolute atomic E-state index is 12.5. The highest BCUT2D eigenvalue weighted by atomic mass is 16.2. The lowest BCUT2D eigenvalue weighted by Gasteiger charge is -2.32. The minimum Gasteiger partial charge on any atom is -0.356 e. The molecule has 0 spiro atoms. The van der Waals surface area contributed by atoms with Gasteiger partial charge in [-0.15, -0.1) is 0 Å². The van der Waals surface area contributed by atoms with E-state index in [4.69, 9.17) is 0 Å². The summed E-state index contributed by atoms with van der Waals surface area (Å²) in [6, 6.07) is 6.58. The summed E-state index contributed by atoms with van der Waals surface area (Å²) in [4.78, 5) is 38.1. The van der Waals surface area contributed by atoms with Gasteiger partial charge in [0.2, 0.25) is 5.91 Å². The van der Waals surface area contributed by atoms with Gasteiger partial charge in [0.1, 0.15) is 0 Å². The van der Waals surface area contributed by atoms with Crippen molar-refractivity contribution in [2.24, 2.45) is 5.92 Å². The lowest BCUT2D eigenvalue weighted by Crippen LogP contribution is -2.46.